The lowest BCUT2D eigenvalue weighted by atomic mass is 9.98. The van der Waals surface area contributed by atoms with Crippen LogP contribution in [0.5, 0.6) is 0 Å². The van der Waals surface area contributed by atoms with Crippen LogP contribution in [0.15, 0.2) is 30.3 Å². The molecule has 182 valence electrons. The molecule has 0 aliphatic carbocycles. The van der Waals surface area contributed by atoms with Gasteiger partial charge in [-0.3, -0.25) is 18.6 Å². The Bertz CT molecular complexity index is 974. The number of esters is 4. The van der Waals surface area contributed by atoms with Crippen molar-refractivity contribution in [3.05, 3.63) is 35.9 Å². The largest absolute Gasteiger partial charge is 0.463 e. The lowest BCUT2D eigenvalue weighted by Crippen LogP contribution is -2.63. The van der Waals surface area contributed by atoms with Gasteiger partial charge >= 0.3 is 23.9 Å². The van der Waals surface area contributed by atoms with Crippen LogP contribution in [-0.4, -0.2) is 75.9 Å². The standard InChI is InChI=1S/C20H24O12S/c1-11(21)27-10-15-16(28-12(2)22)17(29-13(3)23)18(32-33(4,25)26)20(30-15)31-19(24)14-8-6-5-7-9-14/h5-9,15-18,20H,10H2,1-4H3/t15-,16+,17+,18-,20+/m0/s1. The zero-order chi connectivity index (χ0) is 24.8. The first-order valence-corrected chi connectivity index (χ1v) is 11.5. The molecular weight excluding hydrogens is 464 g/mol. The summed E-state index contributed by atoms with van der Waals surface area (Å²) in [5.74, 6) is -3.30. The lowest BCUT2D eigenvalue weighted by Gasteiger charge is -2.43. The Balaban J connectivity index is 2.48. The minimum Gasteiger partial charge on any atom is -0.463 e. The molecule has 0 radical (unpaired) electrons. The molecule has 0 N–H and O–H groups in total. The van der Waals surface area contributed by atoms with Crippen LogP contribution in [-0.2, 0) is 52.4 Å². The van der Waals surface area contributed by atoms with Crippen LogP contribution in [0, 0.1) is 0 Å². The van der Waals surface area contributed by atoms with E-state index in [1.165, 1.54) is 12.1 Å². The molecular formula is C20H24O12S. The Hall–Kier alpha value is -3.03. The number of carbonyl (C=O) groups is 4. The Kier molecular flexibility index (Phi) is 8.91. The molecule has 0 saturated carbocycles. The van der Waals surface area contributed by atoms with E-state index in [4.69, 9.17) is 27.9 Å². The van der Waals surface area contributed by atoms with Gasteiger partial charge in [-0.05, 0) is 12.1 Å². The van der Waals surface area contributed by atoms with Gasteiger partial charge in [0, 0.05) is 20.8 Å². The van der Waals surface area contributed by atoms with Crippen molar-refractivity contribution in [3.63, 3.8) is 0 Å². The van der Waals surface area contributed by atoms with Gasteiger partial charge in [0.05, 0.1) is 11.8 Å². The molecule has 1 aliphatic rings. The molecule has 1 fully saturated rings. The first kappa shape index (κ1) is 26.2. The molecule has 0 aromatic heterocycles. The average molecular weight is 488 g/mol. The van der Waals surface area contributed by atoms with Crippen molar-refractivity contribution >= 4 is 34.0 Å². The summed E-state index contributed by atoms with van der Waals surface area (Å²) in [6.07, 6.45) is -7.11. The second-order valence-corrected chi connectivity index (χ2v) is 8.63. The fourth-order valence-corrected chi connectivity index (χ4v) is 3.62. The van der Waals surface area contributed by atoms with Crippen LogP contribution in [0.2, 0.25) is 0 Å². The highest BCUT2D eigenvalue weighted by Gasteiger charge is 2.54. The summed E-state index contributed by atoms with van der Waals surface area (Å²) in [4.78, 5) is 47.4. The molecule has 0 amide bonds. The third-order valence-corrected chi connectivity index (χ3v) is 4.74. The molecule has 1 aliphatic heterocycles. The molecule has 12 nitrogen and oxygen atoms in total. The van der Waals surface area contributed by atoms with E-state index in [0.717, 1.165) is 27.0 Å². The Morgan fingerprint density at radius 2 is 1.42 bits per heavy atom. The second kappa shape index (κ2) is 11.2. The maximum Gasteiger partial charge on any atom is 0.340 e. The van der Waals surface area contributed by atoms with Gasteiger partial charge in [0.1, 0.15) is 12.7 Å². The first-order chi connectivity index (χ1) is 15.4. The first-order valence-electron chi connectivity index (χ1n) is 9.65. The third-order valence-electron chi connectivity index (χ3n) is 4.16. The van der Waals surface area contributed by atoms with E-state index >= 15 is 0 Å². The average Bonchev–Trinajstić information content (AvgIpc) is 2.70. The molecule has 0 unspecified atom stereocenters. The van der Waals surface area contributed by atoms with Gasteiger partial charge in [0.15, 0.2) is 18.3 Å². The number of carbonyl (C=O) groups excluding carboxylic acids is 4. The monoisotopic (exact) mass is 488 g/mol. The molecule has 1 aromatic carbocycles. The summed E-state index contributed by atoms with van der Waals surface area (Å²) < 4.78 is 55.1. The summed E-state index contributed by atoms with van der Waals surface area (Å²) in [5.41, 5.74) is 0.113. The predicted molar refractivity (Wildman–Crippen MR) is 108 cm³/mol. The molecule has 1 saturated heterocycles. The number of hydrogen-bond acceptors (Lipinski definition) is 12. The summed E-state index contributed by atoms with van der Waals surface area (Å²) in [5, 5.41) is 0. The summed E-state index contributed by atoms with van der Waals surface area (Å²) in [6.45, 7) is 2.72. The molecule has 0 bridgehead atoms. The normalized spacial score (nSPS) is 24.9. The van der Waals surface area contributed by atoms with Gasteiger partial charge < -0.3 is 23.7 Å². The molecule has 33 heavy (non-hydrogen) atoms. The zero-order valence-electron chi connectivity index (χ0n) is 18.3. The smallest absolute Gasteiger partial charge is 0.340 e. The van der Waals surface area contributed by atoms with Crippen molar-refractivity contribution < 1.29 is 55.5 Å². The van der Waals surface area contributed by atoms with Crippen molar-refractivity contribution in [1.82, 2.24) is 0 Å². The van der Waals surface area contributed by atoms with Crippen LogP contribution in [0.1, 0.15) is 31.1 Å². The van der Waals surface area contributed by atoms with Gasteiger partial charge in [-0.15, -0.1) is 0 Å². The van der Waals surface area contributed by atoms with Gasteiger partial charge in [-0.1, -0.05) is 18.2 Å². The molecule has 1 heterocycles. The second-order valence-electron chi connectivity index (χ2n) is 7.03. The molecule has 13 heteroatoms. The van der Waals surface area contributed by atoms with E-state index in [9.17, 15) is 27.6 Å². The molecule has 0 spiro atoms. The van der Waals surface area contributed by atoms with E-state index in [1.54, 1.807) is 18.2 Å². The van der Waals surface area contributed by atoms with Crippen LogP contribution in [0.4, 0.5) is 0 Å². The van der Waals surface area contributed by atoms with Gasteiger partial charge in [-0.25, -0.2) is 4.79 Å². The summed E-state index contributed by atoms with van der Waals surface area (Å²) >= 11 is 0. The fourth-order valence-electron chi connectivity index (χ4n) is 3.02. The topological polar surface area (TPSA) is 158 Å². The van der Waals surface area contributed by atoms with Crippen molar-refractivity contribution in [2.45, 2.75) is 51.5 Å². The molecule has 1 aromatic rings. The Morgan fingerprint density at radius 3 is 1.94 bits per heavy atom. The van der Waals surface area contributed by atoms with Crippen molar-refractivity contribution in [1.29, 1.82) is 0 Å². The van der Waals surface area contributed by atoms with E-state index < -0.39 is 71.3 Å². The van der Waals surface area contributed by atoms with Gasteiger partial charge in [0.2, 0.25) is 6.29 Å². The Labute approximate surface area is 190 Å². The maximum atomic E-state index is 12.6. The van der Waals surface area contributed by atoms with E-state index in [1.807, 2.05) is 0 Å². The predicted octanol–water partition coefficient (Wildman–Crippen LogP) is 0.340. The quantitative estimate of drug-likeness (QED) is 0.281. The van der Waals surface area contributed by atoms with Crippen LogP contribution in [0.25, 0.3) is 0 Å². The summed E-state index contributed by atoms with van der Waals surface area (Å²) in [7, 11) is -4.21. The van der Waals surface area contributed by atoms with E-state index in [2.05, 4.69) is 0 Å². The third kappa shape index (κ3) is 8.11. The van der Waals surface area contributed by atoms with Crippen LogP contribution < -0.4 is 0 Å². The highest BCUT2D eigenvalue weighted by atomic mass is 32.2. The SMILES string of the molecule is CC(=O)OC[C@@H]1O[C@H](OC(=O)c2ccccc2)[C@@H](OS(C)(=O)=O)[C@H](OC(C)=O)[C@@H]1OC(C)=O. The number of benzene rings is 1. The number of hydrogen-bond donors (Lipinski definition) is 0. The van der Waals surface area contributed by atoms with Crippen LogP contribution >= 0.6 is 0 Å². The number of rotatable bonds is 8. The Morgan fingerprint density at radius 1 is 0.848 bits per heavy atom. The minimum atomic E-state index is -4.21. The van der Waals surface area contributed by atoms with E-state index in [-0.39, 0.29) is 5.56 Å². The van der Waals surface area contributed by atoms with Crippen molar-refractivity contribution in [3.8, 4) is 0 Å². The van der Waals surface area contributed by atoms with Gasteiger partial charge in [-0.2, -0.15) is 8.42 Å². The number of ether oxygens (including phenoxy) is 5. The molecule has 5 atom stereocenters. The maximum absolute atomic E-state index is 12.6. The van der Waals surface area contributed by atoms with Crippen molar-refractivity contribution in [2.24, 2.45) is 0 Å². The summed E-state index contributed by atoms with van der Waals surface area (Å²) in [6, 6.07) is 7.70. The zero-order valence-corrected chi connectivity index (χ0v) is 19.1. The molecule has 2 rings (SSSR count). The van der Waals surface area contributed by atoms with Gasteiger partial charge in [0.25, 0.3) is 10.1 Å². The highest BCUT2D eigenvalue weighted by Crippen LogP contribution is 2.31. The minimum absolute atomic E-state index is 0.113. The van der Waals surface area contributed by atoms with Crippen molar-refractivity contribution in [2.75, 3.05) is 12.9 Å². The van der Waals surface area contributed by atoms with E-state index in [0.29, 0.717) is 0 Å². The van der Waals surface area contributed by atoms with Crippen LogP contribution in [0.3, 0.4) is 0 Å². The lowest BCUT2D eigenvalue weighted by molar-refractivity contribution is -0.285. The fraction of sp³-hybridized carbons (Fsp3) is 0.500. The highest BCUT2D eigenvalue weighted by molar-refractivity contribution is 7.86.